The minimum absolute atomic E-state index is 0.0765. The van der Waals surface area contributed by atoms with E-state index in [4.69, 9.17) is 0 Å². The number of hydrogen-bond acceptors (Lipinski definition) is 4. The summed E-state index contributed by atoms with van der Waals surface area (Å²) in [5.41, 5.74) is 8.27. The Balaban J connectivity index is 1.32. The number of hydrogen-bond donors (Lipinski definition) is 0. The first-order chi connectivity index (χ1) is 30.2. The van der Waals surface area contributed by atoms with Crippen LogP contribution >= 0.6 is 0 Å². The Morgan fingerprint density at radius 2 is 0.839 bits per heavy atom. The highest BCUT2D eigenvalue weighted by molar-refractivity contribution is 6.13. The number of nitrogens with zero attached hydrogens (tertiary/aromatic N) is 6. The van der Waals surface area contributed by atoms with E-state index in [2.05, 4.69) is 39.5 Å². The molecule has 0 unspecified atom stereocenters. The molecule has 0 fully saturated rings. The van der Waals surface area contributed by atoms with Crippen LogP contribution in [0.2, 0.25) is 0 Å². The van der Waals surface area contributed by atoms with Gasteiger partial charge in [-0.25, -0.2) is 0 Å². The summed E-state index contributed by atoms with van der Waals surface area (Å²) >= 11 is 0. The molecule has 0 aliphatic heterocycles. The van der Waals surface area contributed by atoms with Crippen LogP contribution in [-0.4, -0.2) is 9.13 Å². The molecule has 0 atom stereocenters. The Morgan fingerprint density at radius 3 is 1.34 bits per heavy atom. The Bertz CT molecular complexity index is 3690. The number of benzene rings is 8. The molecule has 62 heavy (non-hydrogen) atoms. The van der Waals surface area contributed by atoms with Crippen molar-refractivity contribution in [2.75, 3.05) is 0 Å². The van der Waals surface area contributed by atoms with Gasteiger partial charge in [-0.15, -0.1) is 0 Å². The highest BCUT2D eigenvalue weighted by Crippen LogP contribution is 2.43. The first-order valence-corrected chi connectivity index (χ1v) is 19.5. The van der Waals surface area contributed by atoms with Crippen molar-refractivity contribution in [2.45, 2.75) is 6.18 Å². The highest BCUT2D eigenvalue weighted by Gasteiger charge is 2.32. The maximum Gasteiger partial charge on any atom is 0.416 e. The molecular weight excluding hydrogens is 778 g/mol. The summed E-state index contributed by atoms with van der Waals surface area (Å²) in [7, 11) is 0. The van der Waals surface area contributed by atoms with E-state index < -0.39 is 11.7 Å². The summed E-state index contributed by atoms with van der Waals surface area (Å²) in [6.45, 7) is 0. The van der Waals surface area contributed by atoms with Gasteiger partial charge < -0.3 is 9.13 Å². The molecule has 8 aromatic carbocycles. The minimum atomic E-state index is -4.74. The summed E-state index contributed by atoms with van der Waals surface area (Å²) in [4.78, 5) is 0. The van der Waals surface area contributed by atoms with Gasteiger partial charge in [-0.3, -0.25) is 0 Å². The Labute approximate surface area is 352 Å². The topological polar surface area (TPSA) is 105 Å². The van der Waals surface area contributed by atoms with E-state index in [1.165, 1.54) is 6.07 Å². The third-order valence-corrected chi connectivity index (χ3v) is 11.4. The van der Waals surface area contributed by atoms with Crippen molar-refractivity contribution in [3.63, 3.8) is 0 Å². The van der Waals surface area contributed by atoms with Crippen molar-refractivity contribution in [3.8, 4) is 69.0 Å². The van der Waals surface area contributed by atoms with Crippen LogP contribution in [0.3, 0.4) is 0 Å². The zero-order valence-corrected chi connectivity index (χ0v) is 32.4. The van der Waals surface area contributed by atoms with E-state index in [-0.39, 0.29) is 22.3 Å². The van der Waals surface area contributed by atoms with Crippen LogP contribution in [0.1, 0.15) is 27.8 Å². The third-order valence-electron chi connectivity index (χ3n) is 11.4. The van der Waals surface area contributed by atoms with E-state index in [0.29, 0.717) is 22.5 Å². The number of aromatic nitrogens is 2. The van der Waals surface area contributed by atoms with Crippen molar-refractivity contribution in [2.24, 2.45) is 0 Å². The molecular formula is C53H27F3N6. The first kappa shape index (κ1) is 37.4. The van der Waals surface area contributed by atoms with Crippen LogP contribution in [-0.2, 0) is 6.18 Å². The van der Waals surface area contributed by atoms with E-state index in [9.17, 15) is 34.2 Å². The van der Waals surface area contributed by atoms with E-state index >= 15 is 0 Å². The van der Waals surface area contributed by atoms with E-state index in [0.717, 1.165) is 78.0 Å². The molecule has 9 heteroatoms. The molecule has 0 N–H and O–H groups in total. The number of alkyl halides is 3. The van der Waals surface area contributed by atoms with Gasteiger partial charge in [0.15, 0.2) is 0 Å². The van der Waals surface area contributed by atoms with Crippen LogP contribution in [0.5, 0.6) is 0 Å². The molecule has 2 aromatic heterocycles. The van der Waals surface area contributed by atoms with Crippen LogP contribution in [0.4, 0.5) is 13.2 Å². The second kappa shape index (κ2) is 14.4. The van der Waals surface area contributed by atoms with Crippen LogP contribution in [0.25, 0.3) is 88.4 Å². The van der Waals surface area contributed by atoms with Crippen LogP contribution < -0.4 is 0 Å². The van der Waals surface area contributed by atoms with E-state index in [1.807, 2.05) is 115 Å². The SMILES string of the molecule is N#Cc1cccc(-c2ccc3c(c2)c2ccccc2n3-c2cc(C#N)c(-c3cc(C#N)cc(C(F)(F)F)c3)cc2-n2c3ccccc3c3cc(-c4cccc(C#N)c4)ccc32)c1. The average molecular weight is 805 g/mol. The fourth-order valence-corrected chi connectivity index (χ4v) is 8.64. The lowest BCUT2D eigenvalue weighted by atomic mass is 9.94. The van der Waals surface area contributed by atoms with E-state index in [1.54, 1.807) is 24.3 Å². The predicted octanol–water partition coefficient (Wildman–Crippen LogP) is 13.4. The molecule has 0 aliphatic rings. The number of nitriles is 4. The van der Waals surface area contributed by atoms with Crippen molar-refractivity contribution in [1.29, 1.82) is 21.0 Å². The van der Waals surface area contributed by atoms with Crippen molar-refractivity contribution < 1.29 is 13.2 Å². The van der Waals surface area contributed by atoms with Gasteiger partial charge in [0.05, 0.1) is 85.5 Å². The number of rotatable bonds is 5. The molecule has 0 saturated carbocycles. The molecule has 10 aromatic rings. The van der Waals surface area contributed by atoms with Gasteiger partial charge in [-0.2, -0.15) is 34.2 Å². The molecule has 0 spiro atoms. The largest absolute Gasteiger partial charge is 0.416 e. The average Bonchev–Trinajstić information content (AvgIpc) is 3.82. The first-order valence-electron chi connectivity index (χ1n) is 19.5. The second-order valence-electron chi connectivity index (χ2n) is 15.0. The summed E-state index contributed by atoms with van der Waals surface area (Å²) < 4.78 is 47.2. The molecule has 0 amide bonds. The zero-order chi connectivity index (χ0) is 42.7. The number of halogens is 3. The Kier molecular flexibility index (Phi) is 8.70. The standard InChI is InChI=1S/C53H27F3N6/c54-53(55,56)41-22-34(30-59)21-39(23-41)44-27-52(62-48-14-4-2-12-43(48)46-25-38(16-18-50(46)62)36-10-6-8-33(20-36)29-58)51(26-40(44)31-60)61-47-13-3-1-11-42(47)45-24-37(15-17-49(45)61)35-9-5-7-32(19-35)28-57/h1-27H. The molecule has 6 nitrogen and oxygen atoms in total. The van der Waals surface area contributed by atoms with Gasteiger partial charge in [0.1, 0.15) is 0 Å². The molecule has 0 bridgehead atoms. The lowest BCUT2D eigenvalue weighted by molar-refractivity contribution is -0.137. The monoisotopic (exact) mass is 804 g/mol. The molecule has 290 valence electrons. The molecule has 0 aliphatic carbocycles. The minimum Gasteiger partial charge on any atom is -0.307 e. The lowest BCUT2D eigenvalue weighted by Gasteiger charge is -2.20. The fourth-order valence-electron chi connectivity index (χ4n) is 8.64. The molecule has 0 saturated heterocycles. The van der Waals surface area contributed by atoms with Gasteiger partial charge in [-0.1, -0.05) is 72.8 Å². The Morgan fingerprint density at radius 1 is 0.371 bits per heavy atom. The van der Waals surface area contributed by atoms with Crippen LogP contribution in [0, 0.1) is 45.3 Å². The van der Waals surface area contributed by atoms with Gasteiger partial charge in [0, 0.05) is 27.1 Å². The highest BCUT2D eigenvalue weighted by atomic mass is 19.4. The molecule has 0 radical (unpaired) electrons. The molecule has 10 rings (SSSR count). The van der Waals surface area contributed by atoms with Crippen molar-refractivity contribution in [3.05, 3.63) is 192 Å². The summed E-state index contributed by atoms with van der Waals surface area (Å²) in [6.07, 6.45) is -4.74. The Hall–Kier alpha value is -8.89. The van der Waals surface area contributed by atoms with Crippen molar-refractivity contribution in [1.82, 2.24) is 9.13 Å². The van der Waals surface area contributed by atoms with Gasteiger partial charge >= 0.3 is 6.18 Å². The van der Waals surface area contributed by atoms with Gasteiger partial charge in [-0.05, 0) is 119 Å². The zero-order valence-electron chi connectivity index (χ0n) is 32.4. The van der Waals surface area contributed by atoms with Gasteiger partial charge in [0.25, 0.3) is 0 Å². The number of para-hydroxylation sites is 2. The smallest absolute Gasteiger partial charge is 0.307 e. The third kappa shape index (κ3) is 6.09. The summed E-state index contributed by atoms with van der Waals surface area (Å²) in [5.74, 6) is 0. The fraction of sp³-hybridized carbons (Fsp3) is 0.0189. The molecule has 2 heterocycles. The van der Waals surface area contributed by atoms with Crippen LogP contribution in [0.15, 0.2) is 164 Å². The van der Waals surface area contributed by atoms with Crippen molar-refractivity contribution >= 4 is 43.6 Å². The quantitative estimate of drug-likeness (QED) is 0.173. The summed E-state index contributed by atoms with van der Waals surface area (Å²) in [6, 6.07) is 57.9. The summed E-state index contributed by atoms with van der Waals surface area (Å²) in [5, 5.41) is 43.6. The predicted molar refractivity (Wildman–Crippen MR) is 235 cm³/mol. The maximum atomic E-state index is 14.3. The number of fused-ring (bicyclic) bond motifs is 6. The second-order valence-corrected chi connectivity index (χ2v) is 15.0. The van der Waals surface area contributed by atoms with Gasteiger partial charge in [0.2, 0.25) is 0 Å². The maximum absolute atomic E-state index is 14.3. The lowest BCUT2D eigenvalue weighted by Crippen LogP contribution is -2.07. The normalized spacial score (nSPS) is 11.4.